The molecule has 1 saturated carbocycles. The van der Waals surface area contributed by atoms with Crippen molar-refractivity contribution in [2.24, 2.45) is 11.1 Å². The van der Waals surface area contributed by atoms with Gasteiger partial charge in [-0.25, -0.2) is 4.98 Å². The molecule has 1 fully saturated rings. The van der Waals surface area contributed by atoms with Crippen LogP contribution in [0.4, 0.5) is 5.82 Å². The van der Waals surface area contributed by atoms with Crippen molar-refractivity contribution >= 4 is 23.0 Å². The lowest BCUT2D eigenvalue weighted by Crippen LogP contribution is -2.32. The van der Waals surface area contributed by atoms with Crippen molar-refractivity contribution in [2.75, 3.05) is 5.32 Å². The molecule has 98 valence electrons. The van der Waals surface area contributed by atoms with Crippen LogP contribution in [0, 0.1) is 12.3 Å². The van der Waals surface area contributed by atoms with Gasteiger partial charge >= 0.3 is 0 Å². The van der Waals surface area contributed by atoms with Gasteiger partial charge in [0.2, 0.25) is 0 Å². The van der Waals surface area contributed by atoms with Gasteiger partial charge in [0.1, 0.15) is 10.8 Å². The van der Waals surface area contributed by atoms with Crippen molar-refractivity contribution in [3.8, 4) is 0 Å². The molecule has 1 unspecified atom stereocenters. The molecule has 0 saturated heterocycles. The van der Waals surface area contributed by atoms with Crippen LogP contribution in [0.25, 0.3) is 0 Å². The van der Waals surface area contributed by atoms with Gasteiger partial charge in [0, 0.05) is 11.7 Å². The molecule has 0 amide bonds. The lowest BCUT2D eigenvalue weighted by atomic mass is 9.87. The fraction of sp³-hybridized carbons (Fsp3) is 0.571. The maximum atomic E-state index is 5.76. The molecule has 4 heteroatoms. The predicted octanol–water partition coefficient (Wildman–Crippen LogP) is 3.01. The van der Waals surface area contributed by atoms with Gasteiger partial charge in [0.15, 0.2) is 0 Å². The fourth-order valence-electron chi connectivity index (χ4n) is 2.62. The molecule has 1 heterocycles. The highest BCUT2D eigenvalue weighted by Crippen LogP contribution is 2.39. The first-order valence-corrected chi connectivity index (χ1v) is 6.85. The normalized spacial score (nSPS) is 21.8. The summed E-state index contributed by atoms with van der Waals surface area (Å²) >= 11 is 5.09. The zero-order valence-corrected chi connectivity index (χ0v) is 12.1. The molecular weight excluding hydrogens is 242 g/mol. The van der Waals surface area contributed by atoms with Crippen LogP contribution < -0.4 is 11.1 Å². The van der Waals surface area contributed by atoms with E-state index >= 15 is 0 Å². The molecule has 2 rings (SSSR count). The zero-order valence-electron chi connectivity index (χ0n) is 11.3. The molecule has 0 aromatic carbocycles. The second kappa shape index (κ2) is 4.84. The second-order valence-electron chi connectivity index (χ2n) is 5.79. The molecule has 1 aromatic heterocycles. The zero-order chi connectivity index (χ0) is 13.3. The van der Waals surface area contributed by atoms with Crippen LogP contribution in [-0.4, -0.2) is 16.0 Å². The lowest BCUT2D eigenvalue weighted by molar-refractivity contribution is 0.349. The Labute approximate surface area is 114 Å². The first-order valence-electron chi connectivity index (χ1n) is 6.44. The molecule has 1 aliphatic rings. The minimum atomic E-state index is 0.304. The lowest BCUT2D eigenvalue weighted by Gasteiger charge is -2.29. The Bertz CT molecular complexity index is 468. The summed E-state index contributed by atoms with van der Waals surface area (Å²) in [5, 5.41) is 3.54. The number of pyridine rings is 1. The Hall–Kier alpha value is -1.16. The summed E-state index contributed by atoms with van der Waals surface area (Å²) in [7, 11) is 0. The first kappa shape index (κ1) is 13.3. The molecule has 0 bridgehead atoms. The molecule has 0 spiro atoms. The monoisotopic (exact) mass is 263 g/mol. The largest absolute Gasteiger partial charge is 0.389 e. The van der Waals surface area contributed by atoms with Crippen molar-refractivity contribution in [3.63, 3.8) is 0 Å². The van der Waals surface area contributed by atoms with Gasteiger partial charge in [0.25, 0.3) is 0 Å². The Morgan fingerprint density at radius 1 is 1.50 bits per heavy atom. The molecule has 3 N–H and O–H groups in total. The number of hydrogen-bond acceptors (Lipinski definition) is 3. The van der Waals surface area contributed by atoms with Crippen molar-refractivity contribution in [2.45, 2.75) is 46.1 Å². The van der Waals surface area contributed by atoms with E-state index in [9.17, 15) is 0 Å². The molecule has 0 radical (unpaired) electrons. The van der Waals surface area contributed by atoms with Crippen molar-refractivity contribution in [1.82, 2.24) is 4.98 Å². The SMILES string of the molecule is Cc1ccc(C(N)=S)c(NC2CCCC2(C)C)n1. The van der Waals surface area contributed by atoms with E-state index < -0.39 is 0 Å². The first-order chi connectivity index (χ1) is 8.40. The maximum Gasteiger partial charge on any atom is 0.136 e. The summed E-state index contributed by atoms with van der Waals surface area (Å²) < 4.78 is 0. The van der Waals surface area contributed by atoms with Crippen molar-refractivity contribution in [3.05, 3.63) is 23.4 Å². The van der Waals surface area contributed by atoms with E-state index in [1.54, 1.807) is 0 Å². The van der Waals surface area contributed by atoms with Crippen molar-refractivity contribution < 1.29 is 0 Å². The van der Waals surface area contributed by atoms with Gasteiger partial charge < -0.3 is 11.1 Å². The Morgan fingerprint density at radius 3 is 2.78 bits per heavy atom. The summed E-state index contributed by atoms with van der Waals surface area (Å²) in [5.74, 6) is 0.836. The van der Waals surface area contributed by atoms with Crippen LogP contribution in [0.5, 0.6) is 0 Å². The van der Waals surface area contributed by atoms with Gasteiger partial charge in [-0.1, -0.05) is 32.5 Å². The van der Waals surface area contributed by atoms with Crippen LogP contribution in [0.1, 0.15) is 44.4 Å². The fourth-order valence-corrected chi connectivity index (χ4v) is 2.79. The third-order valence-corrected chi connectivity index (χ3v) is 4.09. The molecule has 1 aromatic rings. The summed E-state index contributed by atoms with van der Waals surface area (Å²) in [4.78, 5) is 4.95. The van der Waals surface area contributed by atoms with E-state index in [1.807, 2.05) is 19.1 Å². The number of nitrogens with two attached hydrogens (primary N) is 1. The van der Waals surface area contributed by atoms with E-state index in [0.29, 0.717) is 16.4 Å². The third-order valence-electron chi connectivity index (χ3n) is 3.87. The molecule has 1 atom stereocenters. The van der Waals surface area contributed by atoms with E-state index in [1.165, 1.54) is 19.3 Å². The molecule has 0 aliphatic heterocycles. The van der Waals surface area contributed by atoms with E-state index in [2.05, 4.69) is 24.1 Å². The number of aromatic nitrogens is 1. The van der Waals surface area contributed by atoms with Crippen molar-refractivity contribution in [1.29, 1.82) is 0 Å². The smallest absolute Gasteiger partial charge is 0.136 e. The third kappa shape index (κ3) is 2.64. The van der Waals surface area contributed by atoms with Gasteiger partial charge in [0.05, 0.1) is 5.56 Å². The Kier molecular flexibility index (Phi) is 3.57. The second-order valence-corrected chi connectivity index (χ2v) is 6.23. The quantitative estimate of drug-likeness (QED) is 0.823. The van der Waals surface area contributed by atoms with Crippen LogP contribution in [0.3, 0.4) is 0 Å². The maximum absolute atomic E-state index is 5.76. The highest BCUT2D eigenvalue weighted by atomic mass is 32.1. The summed E-state index contributed by atoms with van der Waals surface area (Å²) in [5.41, 5.74) is 7.89. The Balaban J connectivity index is 2.28. The summed E-state index contributed by atoms with van der Waals surface area (Å²) in [6.45, 7) is 6.58. The predicted molar refractivity (Wildman–Crippen MR) is 79.9 cm³/mol. The average molecular weight is 263 g/mol. The molecule has 1 aliphatic carbocycles. The number of hydrogen-bond donors (Lipinski definition) is 2. The van der Waals surface area contributed by atoms with Crippen LogP contribution in [0.15, 0.2) is 12.1 Å². The van der Waals surface area contributed by atoms with E-state index in [0.717, 1.165) is 17.1 Å². The van der Waals surface area contributed by atoms with E-state index in [4.69, 9.17) is 18.0 Å². The van der Waals surface area contributed by atoms with Gasteiger partial charge in [-0.05, 0) is 37.3 Å². The molecular formula is C14H21N3S. The number of aryl methyl sites for hydroxylation is 1. The average Bonchev–Trinajstić information content (AvgIpc) is 2.58. The van der Waals surface area contributed by atoms with Crippen LogP contribution >= 0.6 is 12.2 Å². The highest BCUT2D eigenvalue weighted by Gasteiger charge is 2.34. The van der Waals surface area contributed by atoms with E-state index in [-0.39, 0.29) is 0 Å². The minimum absolute atomic E-state index is 0.304. The van der Waals surface area contributed by atoms with Gasteiger partial charge in [-0.15, -0.1) is 0 Å². The minimum Gasteiger partial charge on any atom is -0.389 e. The number of nitrogens with zero attached hydrogens (tertiary/aromatic N) is 1. The highest BCUT2D eigenvalue weighted by molar-refractivity contribution is 7.80. The topological polar surface area (TPSA) is 50.9 Å². The number of anilines is 1. The number of rotatable bonds is 3. The van der Waals surface area contributed by atoms with Crippen LogP contribution in [-0.2, 0) is 0 Å². The molecule has 3 nitrogen and oxygen atoms in total. The number of thiocarbonyl (C=S) groups is 1. The summed E-state index contributed by atoms with van der Waals surface area (Å²) in [6.07, 6.45) is 3.69. The molecule has 18 heavy (non-hydrogen) atoms. The summed E-state index contributed by atoms with van der Waals surface area (Å²) in [6, 6.07) is 4.34. The van der Waals surface area contributed by atoms with Crippen LogP contribution in [0.2, 0.25) is 0 Å². The van der Waals surface area contributed by atoms with Gasteiger partial charge in [-0.2, -0.15) is 0 Å². The standard InChI is InChI=1S/C14H21N3S/c1-9-6-7-10(12(15)18)13(16-9)17-11-5-4-8-14(11,2)3/h6-7,11H,4-5,8H2,1-3H3,(H2,15,18)(H,16,17). The number of nitrogens with one attached hydrogen (secondary N) is 1. The Morgan fingerprint density at radius 2 is 2.22 bits per heavy atom. The van der Waals surface area contributed by atoms with Gasteiger partial charge in [-0.3, -0.25) is 0 Å².